The molecular weight excluding hydrogens is 372 g/mol. The number of benzene rings is 1. The number of aromatic nitrogens is 2. The van der Waals surface area contributed by atoms with Gasteiger partial charge in [-0.1, -0.05) is 12.1 Å². The lowest BCUT2D eigenvalue weighted by atomic mass is 10.1. The number of aryl methyl sites for hydroxylation is 3. The van der Waals surface area contributed by atoms with E-state index in [0.717, 1.165) is 51.2 Å². The van der Waals surface area contributed by atoms with Crippen molar-refractivity contribution < 1.29 is 9.69 Å². The van der Waals surface area contributed by atoms with Gasteiger partial charge in [-0.25, -0.2) is 4.98 Å². The Morgan fingerprint density at radius 2 is 2.14 bits per heavy atom. The molecule has 0 bridgehead atoms. The molecule has 3 N–H and O–H groups in total. The molecule has 1 aromatic carbocycles. The molecule has 146 valence electrons. The highest BCUT2D eigenvalue weighted by molar-refractivity contribution is 7.18. The molecule has 0 aliphatic heterocycles. The number of hydrogen-bond donors (Lipinski definition) is 3. The number of hydrogen-bond acceptors (Lipinski definition) is 4. The van der Waals surface area contributed by atoms with E-state index in [1.165, 1.54) is 10.4 Å². The number of nitrogens with zero attached hydrogens (tertiary/aromatic N) is 1. The van der Waals surface area contributed by atoms with Crippen molar-refractivity contribution in [2.24, 2.45) is 0 Å². The second-order valence-corrected chi connectivity index (χ2v) is 8.74. The molecule has 0 fully saturated rings. The van der Waals surface area contributed by atoms with Gasteiger partial charge in [-0.05, 0) is 55.9 Å². The van der Waals surface area contributed by atoms with Crippen LogP contribution in [0.4, 0.5) is 5.69 Å². The fraction of sp³-hybridized carbons (Fsp3) is 0.381. The van der Waals surface area contributed by atoms with E-state index in [4.69, 9.17) is 0 Å². The average Bonchev–Trinajstić information content (AvgIpc) is 3.19. The lowest BCUT2D eigenvalue weighted by Crippen LogP contribution is -3.08. The molecule has 0 saturated heterocycles. The van der Waals surface area contributed by atoms with Crippen molar-refractivity contribution in [3.8, 4) is 0 Å². The third kappa shape index (κ3) is 3.59. The van der Waals surface area contributed by atoms with Crippen LogP contribution in [0.15, 0.2) is 23.0 Å². The van der Waals surface area contributed by atoms with Crippen LogP contribution in [0.1, 0.15) is 33.8 Å². The van der Waals surface area contributed by atoms with Crippen molar-refractivity contribution in [1.82, 2.24) is 9.97 Å². The second kappa shape index (κ2) is 7.48. The SMILES string of the molecule is Cc1cccc(NC(=O)C[NH+](C)Cc2nc3sc4c(c3c(=O)[nH]2)CCC4)c1C. The van der Waals surface area contributed by atoms with Gasteiger partial charge in [0.15, 0.2) is 12.4 Å². The van der Waals surface area contributed by atoms with Crippen LogP contribution in [-0.4, -0.2) is 29.5 Å². The molecule has 1 amide bonds. The van der Waals surface area contributed by atoms with Gasteiger partial charge in [0.2, 0.25) is 0 Å². The normalized spacial score (nSPS) is 14.2. The first-order chi connectivity index (χ1) is 13.4. The van der Waals surface area contributed by atoms with Gasteiger partial charge in [0, 0.05) is 10.6 Å². The molecule has 1 atom stereocenters. The Morgan fingerprint density at radius 3 is 2.96 bits per heavy atom. The van der Waals surface area contributed by atoms with Gasteiger partial charge in [0.05, 0.1) is 12.4 Å². The van der Waals surface area contributed by atoms with Crippen LogP contribution in [0.5, 0.6) is 0 Å². The molecule has 2 heterocycles. The summed E-state index contributed by atoms with van der Waals surface area (Å²) in [5.41, 5.74) is 4.21. The number of anilines is 1. The number of H-pyrrole nitrogens is 1. The number of thiophene rings is 1. The molecule has 0 saturated carbocycles. The molecule has 1 unspecified atom stereocenters. The van der Waals surface area contributed by atoms with Gasteiger partial charge in [-0.2, -0.15) is 0 Å². The fourth-order valence-corrected chi connectivity index (χ4v) is 5.11. The summed E-state index contributed by atoms with van der Waals surface area (Å²) >= 11 is 1.64. The third-order valence-corrected chi connectivity index (χ3v) is 6.62. The summed E-state index contributed by atoms with van der Waals surface area (Å²) in [6, 6.07) is 5.89. The summed E-state index contributed by atoms with van der Waals surface area (Å²) in [6.45, 7) is 4.83. The molecule has 0 radical (unpaired) electrons. The summed E-state index contributed by atoms with van der Waals surface area (Å²) in [5, 5.41) is 3.75. The van der Waals surface area contributed by atoms with E-state index in [0.29, 0.717) is 18.9 Å². The lowest BCUT2D eigenvalue weighted by Gasteiger charge is -2.14. The molecule has 2 aromatic heterocycles. The van der Waals surface area contributed by atoms with Crippen molar-refractivity contribution >= 4 is 33.1 Å². The fourth-order valence-electron chi connectivity index (χ4n) is 3.83. The van der Waals surface area contributed by atoms with E-state index in [2.05, 4.69) is 15.3 Å². The molecule has 28 heavy (non-hydrogen) atoms. The zero-order valence-electron chi connectivity index (χ0n) is 16.4. The van der Waals surface area contributed by atoms with Crippen LogP contribution < -0.4 is 15.8 Å². The minimum absolute atomic E-state index is 0.0490. The minimum Gasteiger partial charge on any atom is -0.323 e. The number of aromatic amines is 1. The number of carbonyl (C=O) groups excluding carboxylic acids is 1. The molecule has 7 heteroatoms. The van der Waals surface area contributed by atoms with Crippen molar-refractivity contribution in [3.63, 3.8) is 0 Å². The van der Waals surface area contributed by atoms with E-state index < -0.39 is 0 Å². The van der Waals surface area contributed by atoms with E-state index in [1.54, 1.807) is 11.3 Å². The Balaban J connectivity index is 1.45. The van der Waals surface area contributed by atoms with E-state index in [-0.39, 0.29) is 11.5 Å². The number of likely N-dealkylation sites (N-methyl/N-ethyl adjacent to an activating group) is 1. The Kier molecular flexibility index (Phi) is 5.03. The summed E-state index contributed by atoms with van der Waals surface area (Å²) in [4.78, 5) is 35.7. The van der Waals surface area contributed by atoms with Crippen LogP contribution in [0, 0.1) is 13.8 Å². The standard InChI is InChI=1S/C21H24N4O2S/c1-12-6-4-8-15(13(12)2)22-18(26)11-25(3)10-17-23-20(27)19-14-7-5-9-16(14)28-21(19)24-17/h4,6,8H,5,7,9-11H2,1-3H3,(H,22,26)(H,23,24,27)/p+1. The Hall–Kier alpha value is -2.51. The van der Waals surface area contributed by atoms with Crippen LogP contribution in [-0.2, 0) is 24.2 Å². The smallest absolute Gasteiger partial charge is 0.279 e. The van der Waals surface area contributed by atoms with Gasteiger partial charge >= 0.3 is 0 Å². The highest BCUT2D eigenvalue weighted by Crippen LogP contribution is 2.34. The zero-order chi connectivity index (χ0) is 19.8. The van der Waals surface area contributed by atoms with Gasteiger partial charge in [-0.3, -0.25) is 9.59 Å². The number of carbonyl (C=O) groups is 1. The molecule has 1 aliphatic rings. The summed E-state index contributed by atoms with van der Waals surface area (Å²) in [5.74, 6) is 0.583. The topological polar surface area (TPSA) is 79.3 Å². The average molecular weight is 398 g/mol. The van der Waals surface area contributed by atoms with Gasteiger partial charge in [-0.15, -0.1) is 11.3 Å². The number of amides is 1. The zero-order valence-corrected chi connectivity index (χ0v) is 17.3. The second-order valence-electron chi connectivity index (χ2n) is 7.66. The summed E-state index contributed by atoms with van der Waals surface area (Å²) in [7, 11) is 1.93. The largest absolute Gasteiger partial charge is 0.323 e. The van der Waals surface area contributed by atoms with E-state index >= 15 is 0 Å². The number of fused-ring (bicyclic) bond motifs is 3. The first-order valence-corrected chi connectivity index (χ1v) is 10.4. The first-order valence-electron chi connectivity index (χ1n) is 9.63. The predicted octanol–water partition coefficient (Wildman–Crippen LogP) is 1.74. The van der Waals surface area contributed by atoms with Crippen molar-refractivity contribution in [3.05, 3.63) is 55.9 Å². The minimum atomic E-state index is -0.0512. The molecule has 3 aromatic rings. The van der Waals surface area contributed by atoms with E-state index in [9.17, 15) is 9.59 Å². The van der Waals surface area contributed by atoms with Gasteiger partial charge < -0.3 is 15.2 Å². The van der Waals surface area contributed by atoms with Crippen LogP contribution >= 0.6 is 11.3 Å². The number of nitrogens with one attached hydrogen (secondary N) is 3. The van der Waals surface area contributed by atoms with Crippen LogP contribution in [0.3, 0.4) is 0 Å². The van der Waals surface area contributed by atoms with E-state index in [1.807, 2.05) is 39.1 Å². The Morgan fingerprint density at radius 1 is 1.32 bits per heavy atom. The molecule has 6 nitrogen and oxygen atoms in total. The molecular formula is C21H25N4O2S+. The van der Waals surface area contributed by atoms with Gasteiger partial charge in [0.25, 0.3) is 11.5 Å². The molecule has 1 aliphatic carbocycles. The Bertz CT molecular complexity index is 1120. The highest BCUT2D eigenvalue weighted by atomic mass is 32.1. The highest BCUT2D eigenvalue weighted by Gasteiger charge is 2.22. The quantitative estimate of drug-likeness (QED) is 0.614. The Labute approximate surface area is 167 Å². The number of rotatable bonds is 5. The number of quaternary nitrogens is 1. The van der Waals surface area contributed by atoms with Crippen molar-refractivity contribution in [2.45, 2.75) is 39.7 Å². The summed E-state index contributed by atoms with van der Waals surface area (Å²) in [6.07, 6.45) is 3.15. The van der Waals surface area contributed by atoms with Crippen LogP contribution in [0.2, 0.25) is 0 Å². The summed E-state index contributed by atoms with van der Waals surface area (Å²) < 4.78 is 0. The van der Waals surface area contributed by atoms with Crippen LogP contribution in [0.25, 0.3) is 10.2 Å². The maximum absolute atomic E-state index is 12.6. The lowest BCUT2D eigenvalue weighted by molar-refractivity contribution is -0.885. The van der Waals surface area contributed by atoms with Crippen molar-refractivity contribution in [1.29, 1.82) is 0 Å². The first kappa shape index (κ1) is 18.8. The maximum atomic E-state index is 12.6. The molecule has 4 rings (SSSR count). The third-order valence-electron chi connectivity index (χ3n) is 5.43. The predicted molar refractivity (Wildman–Crippen MR) is 112 cm³/mol. The molecule has 0 spiro atoms. The van der Waals surface area contributed by atoms with Gasteiger partial charge in [0.1, 0.15) is 11.4 Å². The maximum Gasteiger partial charge on any atom is 0.279 e. The van der Waals surface area contributed by atoms with Crippen molar-refractivity contribution in [2.75, 3.05) is 18.9 Å². The monoisotopic (exact) mass is 397 g/mol.